The van der Waals surface area contributed by atoms with Crippen LogP contribution in [0.5, 0.6) is 0 Å². The highest BCUT2D eigenvalue weighted by atomic mass is 35.5. The lowest BCUT2D eigenvalue weighted by molar-refractivity contribution is -0.113. The van der Waals surface area contributed by atoms with Crippen LogP contribution in [0.2, 0.25) is 5.02 Å². The van der Waals surface area contributed by atoms with Gasteiger partial charge in [-0.3, -0.25) is 4.79 Å². The van der Waals surface area contributed by atoms with E-state index in [1.54, 1.807) is 10.9 Å². The average molecular weight is 457 g/mol. The highest BCUT2D eigenvalue weighted by molar-refractivity contribution is 7.99. The Morgan fingerprint density at radius 3 is 2.87 bits per heavy atom. The van der Waals surface area contributed by atoms with Gasteiger partial charge in [-0.05, 0) is 46.7 Å². The first-order chi connectivity index (χ1) is 14.6. The number of aryl methyl sites for hydroxylation is 1. The quantitative estimate of drug-likeness (QED) is 0.415. The van der Waals surface area contributed by atoms with Crippen LogP contribution in [0, 0.1) is 6.92 Å². The number of tetrazole rings is 1. The van der Waals surface area contributed by atoms with E-state index in [4.69, 9.17) is 11.6 Å². The summed E-state index contributed by atoms with van der Waals surface area (Å²) >= 11 is 8.91. The summed E-state index contributed by atoms with van der Waals surface area (Å²) in [5.74, 6) is 0.0114. The minimum absolute atomic E-state index is 0.165. The van der Waals surface area contributed by atoms with Crippen molar-refractivity contribution in [3.8, 4) is 5.69 Å². The molecule has 2 aromatic carbocycles. The van der Waals surface area contributed by atoms with Crippen molar-refractivity contribution >= 4 is 45.7 Å². The number of anilines is 1. The van der Waals surface area contributed by atoms with Crippen molar-refractivity contribution in [1.82, 2.24) is 25.2 Å². The van der Waals surface area contributed by atoms with Gasteiger partial charge >= 0.3 is 0 Å². The molecular formula is C20H17ClN6OS2. The van der Waals surface area contributed by atoms with Crippen LogP contribution in [0.15, 0.2) is 59.9 Å². The summed E-state index contributed by atoms with van der Waals surface area (Å²) in [7, 11) is 0. The summed E-state index contributed by atoms with van der Waals surface area (Å²) in [6.07, 6.45) is 2.49. The summed E-state index contributed by atoms with van der Waals surface area (Å²) in [6, 6.07) is 15.5. The summed E-state index contributed by atoms with van der Waals surface area (Å²) in [5.41, 5.74) is 3.00. The van der Waals surface area contributed by atoms with Crippen LogP contribution in [0.4, 0.5) is 5.13 Å². The van der Waals surface area contributed by atoms with Crippen molar-refractivity contribution < 1.29 is 4.79 Å². The van der Waals surface area contributed by atoms with Crippen molar-refractivity contribution in [2.75, 3.05) is 11.1 Å². The number of amides is 1. The fraction of sp³-hybridized carbons (Fsp3) is 0.150. The maximum atomic E-state index is 12.3. The van der Waals surface area contributed by atoms with Crippen molar-refractivity contribution in [2.45, 2.75) is 18.5 Å². The Kier molecular flexibility index (Phi) is 6.41. The van der Waals surface area contributed by atoms with Gasteiger partial charge in [-0.15, -0.1) is 16.4 Å². The molecule has 0 atom stereocenters. The molecule has 0 fully saturated rings. The standard InChI is InChI=1S/C20H17ClN6OS2/c1-13-7-8-14(10-17(13)21)9-16-11-22-19(30-16)23-18(28)12-29-20-24-25-26-27(20)15-5-3-2-4-6-15/h2-8,10-11H,9,12H2,1H3,(H,22,23,28). The van der Waals surface area contributed by atoms with E-state index in [0.29, 0.717) is 16.7 Å². The van der Waals surface area contributed by atoms with Crippen LogP contribution in [-0.2, 0) is 11.2 Å². The van der Waals surface area contributed by atoms with Crippen LogP contribution >= 0.6 is 34.7 Å². The van der Waals surface area contributed by atoms with E-state index in [0.717, 1.165) is 26.7 Å². The molecule has 0 saturated heterocycles. The molecule has 0 spiro atoms. The molecule has 30 heavy (non-hydrogen) atoms. The Bertz CT molecular complexity index is 1160. The second-order valence-electron chi connectivity index (χ2n) is 6.44. The molecule has 0 aliphatic heterocycles. The number of rotatable bonds is 7. The van der Waals surface area contributed by atoms with Gasteiger partial charge in [0.15, 0.2) is 5.13 Å². The smallest absolute Gasteiger partial charge is 0.236 e. The van der Waals surface area contributed by atoms with E-state index in [-0.39, 0.29) is 11.7 Å². The van der Waals surface area contributed by atoms with Crippen molar-refractivity contribution in [3.05, 3.63) is 75.8 Å². The molecule has 4 aromatic rings. The van der Waals surface area contributed by atoms with Gasteiger partial charge in [0.1, 0.15) is 0 Å². The van der Waals surface area contributed by atoms with Gasteiger partial charge < -0.3 is 5.32 Å². The first kappa shape index (κ1) is 20.5. The zero-order valence-corrected chi connectivity index (χ0v) is 18.3. The first-order valence-electron chi connectivity index (χ1n) is 9.04. The molecule has 2 heterocycles. The van der Waals surface area contributed by atoms with Gasteiger partial charge in [0.25, 0.3) is 0 Å². The summed E-state index contributed by atoms with van der Waals surface area (Å²) < 4.78 is 1.60. The molecule has 0 aliphatic carbocycles. The average Bonchev–Trinajstić information content (AvgIpc) is 3.39. The molecule has 152 valence electrons. The lowest BCUT2D eigenvalue weighted by atomic mass is 10.1. The second kappa shape index (κ2) is 9.38. The van der Waals surface area contributed by atoms with Crippen LogP contribution in [-0.4, -0.2) is 36.9 Å². The molecular weight excluding hydrogens is 440 g/mol. The molecule has 0 aliphatic rings. The number of hydrogen-bond donors (Lipinski definition) is 1. The molecule has 1 amide bonds. The SMILES string of the molecule is Cc1ccc(Cc2cnc(NC(=O)CSc3nnnn3-c3ccccc3)s2)cc1Cl. The number of thioether (sulfide) groups is 1. The largest absolute Gasteiger partial charge is 0.301 e. The van der Waals surface area contributed by atoms with Gasteiger partial charge in [-0.1, -0.05) is 53.7 Å². The Labute approximate surface area is 186 Å². The highest BCUT2D eigenvalue weighted by Crippen LogP contribution is 2.24. The highest BCUT2D eigenvalue weighted by Gasteiger charge is 2.13. The summed E-state index contributed by atoms with van der Waals surface area (Å²) in [5, 5.41) is 16.4. The monoisotopic (exact) mass is 456 g/mol. The van der Waals surface area contributed by atoms with Gasteiger partial charge in [-0.2, -0.15) is 4.68 Å². The Morgan fingerprint density at radius 1 is 1.23 bits per heavy atom. The van der Waals surface area contributed by atoms with E-state index < -0.39 is 0 Å². The zero-order chi connectivity index (χ0) is 20.9. The molecule has 4 rings (SSSR count). The lowest BCUT2D eigenvalue weighted by Crippen LogP contribution is -2.14. The maximum Gasteiger partial charge on any atom is 0.236 e. The first-order valence-corrected chi connectivity index (χ1v) is 11.2. The van der Waals surface area contributed by atoms with Gasteiger partial charge in [0.2, 0.25) is 11.1 Å². The molecule has 10 heteroatoms. The second-order valence-corrected chi connectivity index (χ2v) is 8.90. The third kappa shape index (κ3) is 5.05. The number of nitrogens with one attached hydrogen (secondary N) is 1. The lowest BCUT2D eigenvalue weighted by Gasteiger charge is -2.04. The maximum absolute atomic E-state index is 12.3. The Morgan fingerprint density at radius 2 is 2.07 bits per heavy atom. The van der Waals surface area contributed by atoms with Gasteiger partial charge in [0.05, 0.1) is 11.4 Å². The third-order valence-corrected chi connectivity index (χ3v) is 6.43. The van der Waals surface area contributed by atoms with Gasteiger partial charge in [0, 0.05) is 22.5 Å². The predicted octanol–water partition coefficient (Wildman–Crippen LogP) is 4.40. The number of hydrogen-bond acceptors (Lipinski definition) is 7. The number of thiazole rings is 1. The van der Waals surface area contributed by atoms with Gasteiger partial charge in [-0.25, -0.2) is 4.98 Å². The van der Waals surface area contributed by atoms with E-state index in [2.05, 4.69) is 25.8 Å². The van der Waals surface area contributed by atoms with E-state index >= 15 is 0 Å². The molecule has 0 unspecified atom stereocenters. The summed E-state index contributed by atoms with van der Waals surface area (Å²) in [6.45, 7) is 1.98. The number of para-hydroxylation sites is 1. The number of benzene rings is 2. The topological polar surface area (TPSA) is 85.6 Å². The molecule has 2 aromatic heterocycles. The summed E-state index contributed by atoms with van der Waals surface area (Å²) in [4.78, 5) is 17.7. The third-order valence-electron chi connectivity index (χ3n) is 4.19. The number of carbonyl (C=O) groups excluding carboxylic acids is 1. The predicted molar refractivity (Wildman–Crippen MR) is 120 cm³/mol. The van der Waals surface area contributed by atoms with E-state index in [1.807, 2.05) is 55.5 Å². The van der Waals surface area contributed by atoms with Crippen molar-refractivity contribution in [2.24, 2.45) is 0 Å². The van der Waals surface area contributed by atoms with Crippen LogP contribution < -0.4 is 5.32 Å². The molecule has 1 N–H and O–H groups in total. The van der Waals surface area contributed by atoms with Crippen LogP contribution in [0.1, 0.15) is 16.0 Å². The fourth-order valence-corrected chi connectivity index (χ4v) is 4.44. The van der Waals surface area contributed by atoms with E-state index in [9.17, 15) is 4.79 Å². The number of aromatic nitrogens is 5. The molecule has 0 bridgehead atoms. The zero-order valence-electron chi connectivity index (χ0n) is 15.9. The molecule has 0 radical (unpaired) electrons. The number of halogens is 1. The Balaban J connectivity index is 1.33. The minimum atomic E-state index is -0.165. The normalized spacial score (nSPS) is 10.9. The Hall–Kier alpha value is -2.75. The van der Waals surface area contributed by atoms with Crippen LogP contribution in [0.25, 0.3) is 5.69 Å². The van der Waals surface area contributed by atoms with Crippen LogP contribution in [0.3, 0.4) is 0 Å². The molecule has 0 saturated carbocycles. The molecule has 7 nitrogen and oxygen atoms in total. The number of carbonyl (C=O) groups is 1. The van der Waals surface area contributed by atoms with Crippen molar-refractivity contribution in [1.29, 1.82) is 0 Å². The van der Waals surface area contributed by atoms with E-state index in [1.165, 1.54) is 23.1 Å². The fourth-order valence-electron chi connectivity index (χ4n) is 2.68. The minimum Gasteiger partial charge on any atom is -0.301 e. The number of nitrogens with zero attached hydrogens (tertiary/aromatic N) is 5. The van der Waals surface area contributed by atoms with Crippen molar-refractivity contribution in [3.63, 3.8) is 0 Å².